The lowest BCUT2D eigenvalue weighted by Crippen LogP contribution is -2.45. The molecule has 172 valence electrons. The van der Waals surface area contributed by atoms with Gasteiger partial charge >= 0.3 is 0 Å². The molecule has 33 heavy (non-hydrogen) atoms. The van der Waals surface area contributed by atoms with Gasteiger partial charge in [-0.25, -0.2) is 0 Å². The lowest BCUT2D eigenvalue weighted by atomic mass is 9.99. The van der Waals surface area contributed by atoms with Gasteiger partial charge in [-0.2, -0.15) is 0 Å². The zero-order valence-electron chi connectivity index (χ0n) is 18.9. The maximum Gasteiger partial charge on any atom is 0.257 e. The van der Waals surface area contributed by atoms with Gasteiger partial charge in [0.05, 0.1) is 18.2 Å². The highest BCUT2D eigenvalue weighted by atomic mass is 16.5. The maximum absolute atomic E-state index is 13.6. The van der Waals surface area contributed by atoms with Crippen LogP contribution in [0.25, 0.3) is 0 Å². The van der Waals surface area contributed by atoms with Gasteiger partial charge in [-0.1, -0.05) is 85.8 Å². The number of rotatable bonds is 5. The molecule has 6 heteroatoms. The average Bonchev–Trinajstić information content (AvgIpc) is 2.95. The molecule has 1 aliphatic rings. The quantitative estimate of drug-likeness (QED) is 0.623. The molecule has 3 unspecified atom stereocenters. The monoisotopic (exact) mass is 446 g/mol. The standard InChI is InChI=1S/C25H24N2O3.C2H6O/c1-17(24(26)28)22-25(29)27(16-18-10-4-2-5-11-18)21-15-9-8-14-20(21)23(30-22)19-12-6-3-7-13-19;1-2-3/h2-15,17,22-23H,16H2,1H3,(H2,26,28);3H,2H2,1H3. The third-order valence-electron chi connectivity index (χ3n) is 5.49. The number of fused-ring (bicyclic) bond motifs is 1. The third-order valence-corrected chi connectivity index (χ3v) is 5.49. The molecule has 6 nitrogen and oxygen atoms in total. The van der Waals surface area contributed by atoms with Crippen LogP contribution in [0.15, 0.2) is 84.9 Å². The van der Waals surface area contributed by atoms with Crippen LogP contribution in [0, 0.1) is 5.92 Å². The van der Waals surface area contributed by atoms with Crippen LogP contribution in [0.3, 0.4) is 0 Å². The highest BCUT2D eigenvalue weighted by Crippen LogP contribution is 2.39. The number of anilines is 1. The minimum Gasteiger partial charge on any atom is -0.397 e. The van der Waals surface area contributed by atoms with Crippen LogP contribution in [0.4, 0.5) is 5.69 Å². The molecule has 3 aromatic carbocycles. The zero-order chi connectivity index (χ0) is 23.8. The topological polar surface area (TPSA) is 92.9 Å². The second-order valence-electron chi connectivity index (χ2n) is 7.82. The molecular formula is C27H30N2O4. The molecule has 2 amide bonds. The van der Waals surface area contributed by atoms with Crippen molar-refractivity contribution in [2.45, 2.75) is 32.6 Å². The van der Waals surface area contributed by atoms with Crippen molar-refractivity contribution >= 4 is 17.5 Å². The van der Waals surface area contributed by atoms with Crippen molar-refractivity contribution in [1.82, 2.24) is 0 Å². The number of hydrogen-bond acceptors (Lipinski definition) is 4. The van der Waals surface area contributed by atoms with E-state index >= 15 is 0 Å². The van der Waals surface area contributed by atoms with Crippen molar-refractivity contribution in [1.29, 1.82) is 0 Å². The molecule has 0 aliphatic carbocycles. The van der Waals surface area contributed by atoms with E-state index in [1.165, 1.54) is 0 Å². The predicted molar refractivity (Wildman–Crippen MR) is 128 cm³/mol. The van der Waals surface area contributed by atoms with Gasteiger partial charge in [-0.3, -0.25) is 9.59 Å². The molecule has 3 aromatic rings. The Balaban J connectivity index is 0.000000968. The minimum absolute atomic E-state index is 0.250. The first-order valence-corrected chi connectivity index (χ1v) is 11.0. The first-order chi connectivity index (χ1) is 16.0. The summed E-state index contributed by atoms with van der Waals surface area (Å²) in [5.41, 5.74) is 9.14. The second-order valence-corrected chi connectivity index (χ2v) is 7.82. The Labute approximate surface area is 194 Å². The lowest BCUT2D eigenvalue weighted by molar-refractivity contribution is -0.142. The van der Waals surface area contributed by atoms with E-state index in [2.05, 4.69) is 0 Å². The Morgan fingerprint density at radius 3 is 2.15 bits per heavy atom. The van der Waals surface area contributed by atoms with Crippen LogP contribution in [0.2, 0.25) is 0 Å². The van der Waals surface area contributed by atoms with Gasteiger partial charge in [0.2, 0.25) is 5.91 Å². The van der Waals surface area contributed by atoms with Gasteiger partial charge in [0.1, 0.15) is 12.2 Å². The van der Waals surface area contributed by atoms with Crippen molar-refractivity contribution in [2.24, 2.45) is 11.7 Å². The van der Waals surface area contributed by atoms with Crippen LogP contribution in [-0.2, 0) is 20.9 Å². The highest BCUT2D eigenvalue weighted by Gasteiger charge is 2.40. The molecule has 1 aliphatic heterocycles. The fourth-order valence-electron chi connectivity index (χ4n) is 3.80. The van der Waals surface area contributed by atoms with Crippen molar-refractivity contribution in [3.05, 3.63) is 102 Å². The number of hydrogen-bond donors (Lipinski definition) is 2. The van der Waals surface area contributed by atoms with Crippen LogP contribution in [0.1, 0.15) is 36.6 Å². The summed E-state index contributed by atoms with van der Waals surface area (Å²) >= 11 is 0. The summed E-state index contributed by atoms with van der Waals surface area (Å²) in [5.74, 6) is -1.60. The average molecular weight is 447 g/mol. The molecule has 0 saturated heterocycles. The number of benzene rings is 3. The predicted octanol–water partition coefficient (Wildman–Crippen LogP) is 3.83. The van der Waals surface area contributed by atoms with E-state index in [4.69, 9.17) is 15.6 Å². The van der Waals surface area contributed by atoms with Gasteiger partial charge in [0, 0.05) is 12.2 Å². The highest BCUT2D eigenvalue weighted by molar-refractivity contribution is 6.00. The fraction of sp³-hybridized carbons (Fsp3) is 0.259. The number of aliphatic hydroxyl groups is 1. The molecule has 0 saturated carbocycles. The first-order valence-electron chi connectivity index (χ1n) is 11.0. The molecule has 0 spiro atoms. The summed E-state index contributed by atoms with van der Waals surface area (Å²) in [4.78, 5) is 27.3. The summed E-state index contributed by atoms with van der Waals surface area (Å²) in [7, 11) is 0. The lowest BCUT2D eigenvalue weighted by Gasteiger charge is -2.27. The summed E-state index contributed by atoms with van der Waals surface area (Å²) in [5, 5.41) is 7.57. The second kappa shape index (κ2) is 11.4. The number of nitrogens with zero attached hydrogens (tertiary/aromatic N) is 1. The van der Waals surface area contributed by atoms with Crippen LogP contribution in [0.5, 0.6) is 0 Å². The molecule has 3 N–H and O–H groups in total. The van der Waals surface area contributed by atoms with Crippen LogP contribution >= 0.6 is 0 Å². The Bertz CT molecular complexity index is 1060. The molecule has 0 radical (unpaired) electrons. The van der Waals surface area contributed by atoms with E-state index < -0.39 is 24.0 Å². The van der Waals surface area contributed by atoms with Crippen molar-refractivity contribution < 1.29 is 19.4 Å². The molecule has 0 bridgehead atoms. The van der Waals surface area contributed by atoms with E-state index in [0.717, 1.165) is 22.4 Å². The maximum atomic E-state index is 13.6. The number of para-hydroxylation sites is 1. The van der Waals surface area contributed by atoms with E-state index in [0.29, 0.717) is 6.54 Å². The van der Waals surface area contributed by atoms with Crippen LogP contribution in [-0.4, -0.2) is 29.6 Å². The largest absolute Gasteiger partial charge is 0.397 e. The number of amides is 2. The number of ether oxygens (including phenoxy) is 1. The van der Waals surface area contributed by atoms with Gasteiger partial charge in [-0.15, -0.1) is 0 Å². The molecule has 0 aromatic heterocycles. The number of carbonyl (C=O) groups excluding carboxylic acids is 2. The summed E-state index contributed by atoms with van der Waals surface area (Å²) in [6.45, 7) is 3.95. The Kier molecular flexibility index (Phi) is 8.35. The van der Waals surface area contributed by atoms with Gasteiger partial charge in [0.25, 0.3) is 5.91 Å². The van der Waals surface area contributed by atoms with E-state index in [1.807, 2.05) is 84.9 Å². The fourth-order valence-corrected chi connectivity index (χ4v) is 3.80. The smallest absolute Gasteiger partial charge is 0.257 e. The number of aliphatic hydroxyl groups excluding tert-OH is 1. The molecule has 4 rings (SSSR count). The van der Waals surface area contributed by atoms with Crippen molar-refractivity contribution in [3.8, 4) is 0 Å². The minimum atomic E-state index is -0.983. The van der Waals surface area contributed by atoms with Crippen molar-refractivity contribution in [3.63, 3.8) is 0 Å². The normalized spacial score (nSPS) is 18.4. The molecule has 3 atom stereocenters. The Hall–Kier alpha value is -3.48. The summed E-state index contributed by atoms with van der Waals surface area (Å²) < 4.78 is 6.34. The number of nitrogens with two attached hydrogens (primary N) is 1. The van der Waals surface area contributed by atoms with E-state index in [-0.39, 0.29) is 12.5 Å². The summed E-state index contributed by atoms with van der Waals surface area (Å²) in [6.07, 6.45) is -1.47. The van der Waals surface area contributed by atoms with E-state index in [1.54, 1.807) is 18.7 Å². The van der Waals surface area contributed by atoms with E-state index in [9.17, 15) is 9.59 Å². The summed E-state index contributed by atoms with van der Waals surface area (Å²) in [6, 6.07) is 27.2. The van der Waals surface area contributed by atoms with Gasteiger partial charge < -0.3 is 20.5 Å². The SMILES string of the molecule is CC(C(N)=O)C1OC(c2ccccc2)c2ccccc2N(Cc2ccccc2)C1=O.CCO. The number of carbonyl (C=O) groups is 2. The first kappa shape index (κ1) is 24.2. The zero-order valence-corrected chi connectivity index (χ0v) is 18.9. The Morgan fingerprint density at radius 1 is 1.00 bits per heavy atom. The Morgan fingerprint density at radius 2 is 1.55 bits per heavy atom. The molecule has 0 fully saturated rings. The number of primary amides is 1. The van der Waals surface area contributed by atoms with Gasteiger partial charge in [0.15, 0.2) is 0 Å². The van der Waals surface area contributed by atoms with Gasteiger partial charge in [-0.05, 0) is 24.1 Å². The third kappa shape index (κ3) is 5.66. The molecular weight excluding hydrogens is 416 g/mol. The van der Waals surface area contributed by atoms with Crippen molar-refractivity contribution in [2.75, 3.05) is 11.5 Å². The van der Waals surface area contributed by atoms with Crippen LogP contribution < -0.4 is 10.6 Å². The molecule has 1 heterocycles.